The smallest absolute Gasteiger partial charge is 0.250 e. The second-order valence-corrected chi connectivity index (χ2v) is 4.33. The summed E-state index contributed by atoms with van der Waals surface area (Å²) in [6.45, 7) is 4.69. The Hall–Kier alpha value is -1.48. The number of allylic oxidation sites excluding steroid dienone is 1. The number of hydrogen-bond donors (Lipinski definition) is 2. The van der Waals surface area contributed by atoms with Crippen LogP contribution in [-0.4, -0.2) is 12.5 Å². The minimum Gasteiger partial charge on any atom is -0.385 e. The van der Waals surface area contributed by atoms with Gasteiger partial charge in [0.15, 0.2) is 0 Å². The summed E-state index contributed by atoms with van der Waals surface area (Å²) in [5.74, 6) is -0.0386. The highest BCUT2D eigenvalue weighted by molar-refractivity contribution is 6.03. The summed E-state index contributed by atoms with van der Waals surface area (Å²) < 4.78 is 0. The summed E-state index contributed by atoms with van der Waals surface area (Å²) in [6.07, 6.45) is 4.10. The van der Waals surface area contributed by atoms with Gasteiger partial charge in [-0.3, -0.25) is 4.79 Å². The maximum absolute atomic E-state index is 11.7. The molecule has 3 nitrogen and oxygen atoms in total. The summed E-state index contributed by atoms with van der Waals surface area (Å²) in [7, 11) is 0. The number of carbonyl (C=O) groups excluding carboxylic acids is 1. The van der Waals surface area contributed by atoms with Gasteiger partial charge in [0, 0.05) is 23.5 Å². The van der Waals surface area contributed by atoms with Crippen LogP contribution >= 0.6 is 12.4 Å². The van der Waals surface area contributed by atoms with Crippen molar-refractivity contribution in [2.24, 2.45) is 0 Å². The number of aryl methyl sites for hydroxylation is 1. The average molecular weight is 267 g/mol. The van der Waals surface area contributed by atoms with Crippen molar-refractivity contribution >= 4 is 29.7 Å². The standard InChI is InChI=1S/C14H18N2O.ClH/c1-3-10(2)14(17)16-12-7-6-11-5-4-8-15-13(11)9-12;/h3,6-7,9,15H,4-5,8H2,1-2H3,(H,16,17);1H/b10-3-;. The minimum atomic E-state index is -0.0386. The Bertz CT molecular complexity index is 469. The number of anilines is 2. The van der Waals surface area contributed by atoms with E-state index in [2.05, 4.69) is 16.7 Å². The lowest BCUT2D eigenvalue weighted by molar-refractivity contribution is -0.112. The molecule has 0 saturated heterocycles. The van der Waals surface area contributed by atoms with Gasteiger partial charge in [-0.15, -0.1) is 12.4 Å². The monoisotopic (exact) mass is 266 g/mol. The highest BCUT2D eigenvalue weighted by Crippen LogP contribution is 2.25. The lowest BCUT2D eigenvalue weighted by Gasteiger charge is -2.18. The molecule has 0 aromatic heterocycles. The highest BCUT2D eigenvalue weighted by Gasteiger charge is 2.10. The van der Waals surface area contributed by atoms with Crippen molar-refractivity contribution in [3.63, 3.8) is 0 Å². The van der Waals surface area contributed by atoms with E-state index in [0.717, 1.165) is 29.9 Å². The lowest BCUT2D eigenvalue weighted by Crippen LogP contribution is -2.15. The molecule has 1 aromatic carbocycles. The first-order chi connectivity index (χ1) is 8.20. The first kappa shape index (κ1) is 14.6. The van der Waals surface area contributed by atoms with Gasteiger partial charge < -0.3 is 10.6 Å². The van der Waals surface area contributed by atoms with Crippen LogP contribution in [0.25, 0.3) is 0 Å². The summed E-state index contributed by atoms with van der Waals surface area (Å²) in [5, 5.41) is 6.25. The van der Waals surface area contributed by atoms with Crippen LogP contribution in [0.3, 0.4) is 0 Å². The fourth-order valence-electron chi connectivity index (χ4n) is 1.90. The summed E-state index contributed by atoms with van der Waals surface area (Å²) in [5.41, 5.74) is 4.06. The molecule has 0 radical (unpaired) electrons. The zero-order valence-electron chi connectivity index (χ0n) is 10.7. The Kier molecular flexibility index (Phi) is 5.23. The lowest BCUT2D eigenvalue weighted by atomic mass is 10.0. The van der Waals surface area contributed by atoms with E-state index in [1.54, 1.807) is 0 Å². The predicted molar refractivity (Wildman–Crippen MR) is 78.6 cm³/mol. The molecule has 18 heavy (non-hydrogen) atoms. The van der Waals surface area contributed by atoms with Crippen molar-refractivity contribution < 1.29 is 4.79 Å². The Morgan fingerprint density at radius 3 is 2.94 bits per heavy atom. The van der Waals surface area contributed by atoms with Crippen molar-refractivity contribution in [3.05, 3.63) is 35.4 Å². The normalized spacial score (nSPS) is 14.0. The molecule has 0 saturated carbocycles. The van der Waals surface area contributed by atoms with Crippen LogP contribution in [-0.2, 0) is 11.2 Å². The van der Waals surface area contributed by atoms with E-state index in [-0.39, 0.29) is 18.3 Å². The van der Waals surface area contributed by atoms with Gasteiger partial charge in [-0.25, -0.2) is 0 Å². The van der Waals surface area contributed by atoms with Gasteiger partial charge in [-0.1, -0.05) is 12.1 Å². The molecule has 0 atom stereocenters. The minimum absolute atomic E-state index is 0. The molecular formula is C14H19ClN2O. The van der Waals surface area contributed by atoms with Crippen LogP contribution in [0.2, 0.25) is 0 Å². The van der Waals surface area contributed by atoms with Crippen molar-refractivity contribution in [2.75, 3.05) is 17.2 Å². The number of halogens is 1. The molecule has 0 bridgehead atoms. The van der Waals surface area contributed by atoms with Crippen molar-refractivity contribution in [1.82, 2.24) is 0 Å². The second-order valence-electron chi connectivity index (χ2n) is 4.33. The zero-order valence-corrected chi connectivity index (χ0v) is 11.6. The van der Waals surface area contributed by atoms with Crippen LogP contribution in [0.1, 0.15) is 25.8 Å². The van der Waals surface area contributed by atoms with Gasteiger partial charge in [0.25, 0.3) is 5.91 Å². The van der Waals surface area contributed by atoms with Crippen LogP contribution in [0.15, 0.2) is 29.8 Å². The Balaban J connectivity index is 0.00000162. The molecule has 0 aliphatic carbocycles. The molecule has 2 rings (SSSR count). The fourth-order valence-corrected chi connectivity index (χ4v) is 1.90. The summed E-state index contributed by atoms with van der Waals surface area (Å²) in [6, 6.07) is 6.06. The predicted octanol–water partition coefficient (Wildman–Crippen LogP) is 3.37. The molecule has 0 spiro atoms. The van der Waals surface area contributed by atoms with Gasteiger partial charge in [0.05, 0.1) is 0 Å². The molecule has 4 heteroatoms. The molecule has 1 aliphatic heterocycles. The Morgan fingerprint density at radius 2 is 2.22 bits per heavy atom. The topological polar surface area (TPSA) is 41.1 Å². The number of nitrogens with one attached hydrogen (secondary N) is 2. The number of carbonyl (C=O) groups is 1. The maximum atomic E-state index is 11.7. The summed E-state index contributed by atoms with van der Waals surface area (Å²) >= 11 is 0. The quantitative estimate of drug-likeness (QED) is 0.806. The molecule has 2 N–H and O–H groups in total. The van der Waals surface area contributed by atoms with E-state index >= 15 is 0 Å². The third-order valence-electron chi connectivity index (χ3n) is 3.10. The van der Waals surface area contributed by atoms with Crippen molar-refractivity contribution in [2.45, 2.75) is 26.7 Å². The van der Waals surface area contributed by atoms with Gasteiger partial charge in [0.1, 0.15) is 0 Å². The third-order valence-corrected chi connectivity index (χ3v) is 3.10. The molecule has 0 fully saturated rings. The highest BCUT2D eigenvalue weighted by atomic mass is 35.5. The van der Waals surface area contributed by atoms with Crippen molar-refractivity contribution in [3.8, 4) is 0 Å². The maximum Gasteiger partial charge on any atom is 0.250 e. The number of benzene rings is 1. The van der Waals surface area contributed by atoms with Gasteiger partial charge in [-0.2, -0.15) is 0 Å². The number of hydrogen-bond acceptors (Lipinski definition) is 2. The second kappa shape index (κ2) is 6.45. The van der Waals surface area contributed by atoms with E-state index in [0.29, 0.717) is 0 Å². The van der Waals surface area contributed by atoms with Crippen LogP contribution in [0.5, 0.6) is 0 Å². The molecule has 1 amide bonds. The molecular weight excluding hydrogens is 248 g/mol. The molecule has 1 aromatic rings. The number of fused-ring (bicyclic) bond motifs is 1. The first-order valence-electron chi connectivity index (χ1n) is 6.02. The zero-order chi connectivity index (χ0) is 12.3. The average Bonchev–Trinajstić information content (AvgIpc) is 2.37. The number of rotatable bonds is 2. The van der Waals surface area contributed by atoms with Gasteiger partial charge in [-0.05, 0) is 44.4 Å². The van der Waals surface area contributed by atoms with E-state index in [4.69, 9.17) is 0 Å². The molecule has 0 unspecified atom stereocenters. The number of amides is 1. The largest absolute Gasteiger partial charge is 0.385 e. The van der Waals surface area contributed by atoms with Crippen molar-refractivity contribution in [1.29, 1.82) is 0 Å². The van der Waals surface area contributed by atoms with E-state index in [1.165, 1.54) is 12.0 Å². The van der Waals surface area contributed by atoms with Crippen LogP contribution in [0, 0.1) is 0 Å². The van der Waals surface area contributed by atoms with Crippen LogP contribution < -0.4 is 10.6 Å². The molecule has 1 aliphatic rings. The van der Waals surface area contributed by atoms with E-state index in [9.17, 15) is 4.79 Å². The summed E-state index contributed by atoms with van der Waals surface area (Å²) in [4.78, 5) is 11.7. The molecule has 98 valence electrons. The molecule has 1 heterocycles. The van der Waals surface area contributed by atoms with Gasteiger partial charge in [0.2, 0.25) is 0 Å². The SMILES string of the molecule is C/C=C(/C)C(=O)Nc1ccc2c(c1)NCCC2.Cl. The fraction of sp³-hybridized carbons (Fsp3) is 0.357. The third kappa shape index (κ3) is 3.26. The van der Waals surface area contributed by atoms with E-state index in [1.807, 2.05) is 32.1 Å². The Labute approximate surface area is 114 Å². The first-order valence-corrected chi connectivity index (χ1v) is 6.02. The van der Waals surface area contributed by atoms with Gasteiger partial charge >= 0.3 is 0 Å². The van der Waals surface area contributed by atoms with E-state index < -0.39 is 0 Å². The Morgan fingerprint density at radius 1 is 1.44 bits per heavy atom. The van der Waals surface area contributed by atoms with Crippen LogP contribution in [0.4, 0.5) is 11.4 Å².